The van der Waals surface area contributed by atoms with Crippen LogP contribution in [0, 0.1) is 0 Å². The molecule has 2 aromatic carbocycles. The van der Waals surface area contributed by atoms with Crippen LogP contribution in [0.5, 0.6) is 0 Å². The van der Waals surface area contributed by atoms with Gasteiger partial charge in [-0.3, -0.25) is 0 Å². The topological polar surface area (TPSA) is 44.7 Å². The van der Waals surface area contributed by atoms with Crippen LogP contribution in [-0.2, 0) is 6.18 Å². The Labute approximate surface area is 174 Å². The minimum absolute atomic E-state index is 0.131. The molecular weight excluding hydrogens is 391 g/mol. The van der Waals surface area contributed by atoms with E-state index in [9.17, 15) is 18.0 Å². The number of hydrogen-bond donors (Lipinski definition) is 1. The van der Waals surface area contributed by atoms with Crippen LogP contribution in [0.3, 0.4) is 0 Å². The van der Waals surface area contributed by atoms with Gasteiger partial charge in [0.15, 0.2) is 0 Å². The van der Waals surface area contributed by atoms with Gasteiger partial charge in [-0.1, -0.05) is 55.8 Å². The number of rotatable bonds is 5. The van der Waals surface area contributed by atoms with E-state index in [1.807, 2.05) is 44.2 Å². The number of alkyl halides is 3. The summed E-state index contributed by atoms with van der Waals surface area (Å²) in [6.07, 6.45) is -1.94. The van der Waals surface area contributed by atoms with Crippen LogP contribution in [0.15, 0.2) is 59.7 Å². The molecule has 1 aliphatic heterocycles. The Hall–Kier alpha value is -2.83. The molecule has 0 fully saturated rings. The SMILES string of the molecule is CCCCC1=NN(C(=O)Nc2ccccc2C(F)(F)F)C(C)(C)C1c1ccccc1. The van der Waals surface area contributed by atoms with Gasteiger partial charge in [-0.25, -0.2) is 9.80 Å². The van der Waals surface area contributed by atoms with Gasteiger partial charge in [0.2, 0.25) is 0 Å². The molecule has 1 N–H and O–H groups in total. The van der Waals surface area contributed by atoms with Crippen LogP contribution in [0.4, 0.5) is 23.7 Å². The first-order valence-corrected chi connectivity index (χ1v) is 10.1. The number of anilines is 1. The Kier molecular flexibility index (Phi) is 6.19. The Morgan fingerprint density at radius 1 is 1.10 bits per heavy atom. The number of amides is 2. The molecule has 0 saturated carbocycles. The van der Waals surface area contributed by atoms with Gasteiger partial charge in [0, 0.05) is 11.6 Å². The number of urea groups is 1. The van der Waals surface area contributed by atoms with E-state index in [0.29, 0.717) is 0 Å². The molecule has 1 aliphatic rings. The third-order valence-electron chi connectivity index (χ3n) is 5.40. The first-order valence-electron chi connectivity index (χ1n) is 10.1. The van der Waals surface area contributed by atoms with E-state index in [1.165, 1.54) is 23.2 Å². The van der Waals surface area contributed by atoms with Crippen molar-refractivity contribution in [2.45, 2.75) is 57.7 Å². The van der Waals surface area contributed by atoms with E-state index in [-0.39, 0.29) is 11.6 Å². The Morgan fingerprint density at radius 3 is 2.37 bits per heavy atom. The lowest BCUT2D eigenvalue weighted by atomic mass is 9.78. The van der Waals surface area contributed by atoms with E-state index >= 15 is 0 Å². The molecule has 3 rings (SSSR count). The molecule has 0 radical (unpaired) electrons. The van der Waals surface area contributed by atoms with E-state index in [0.717, 1.165) is 36.6 Å². The van der Waals surface area contributed by atoms with Crippen LogP contribution in [-0.4, -0.2) is 22.3 Å². The van der Waals surface area contributed by atoms with E-state index in [4.69, 9.17) is 0 Å². The van der Waals surface area contributed by atoms with Gasteiger partial charge in [0.25, 0.3) is 0 Å². The number of hydrogen-bond acceptors (Lipinski definition) is 2. The highest BCUT2D eigenvalue weighted by atomic mass is 19.4. The summed E-state index contributed by atoms with van der Waals surface area (Å²) in [6.45, 7) is 5.86. The predicted molar refractivity (Wildman–Crippen MR) is 113 cm³/mol. The van der Waals surface area contributed by atoms with Crippen LogP contribution in [0.25, 0.3) is 0 Å². The summed E-state index contributed by atoms with van der Waals surface area (Å²) in [6, 6.07) is 14.1. The van der Waals surface area contributed by atoms with Crippen molar-refractivity contribution in [2.24, 2.45) is 5.10 Å². The average Bonchev–Trinajstić information content (AvgIpc) is 2.96. The number of nitrogens with zero attached hydrogens (tertiary/aromatic N) is 2. The molecule has 1 heterocycles. The van der Waals surface area contributed by atoms with Crippen molar-refractivity contribution < 1.29 is 18.0 Å². The molecule has 0 aromatic heterocycles. The lowest BCUT2D eigenvalue weighted by molar-refractivity contribution is -0.136. The largest absolute Gasteiger partial charge is 0.418 e. The normalized spacial score (nSPS) is 18.3. The standard InChI is InChI=1S/C23H26F3N3O/c1-4-5-14-19-20(16-11-7-6-8-12-16)22(2,3)29(28-19)21(30)27-18-15-10-9-13-17(18)23(24,25)26/h6-13,15,20H,4-5,14H2,1-3H3,(H,27,30). The van der Waals surface area contributed by atoms with Gasteiger partial charge in [0.1, 0.15) is 0 Å². The number of halogens is 3. The fourth-order valence-corrected chi connectivity index (χ4v) is 3.96. The van der Waals surface area contributed by atoms with Gasteiger partial charge in [-0.2, -0.15) is 18.3 Å². The Bertz CT molecular complexity index is 923. The number of carbonyl (C=O) groups is 1. The fraction of sp³-hybridized carbons (Fsp3) is 0.391. The second-order valence-electron chi connectivity index (χ2n) is 7.98. The summed E-state index contributed by atoms with van der Waals surface area (Å²) in [4.78, 5) is 13.0. The number of hydrazone groups is 1. The molecule has 7 heteroatoms. The number of carbonyl (C=O) groups excluding carboxylic acids is 1. The molecular formula is C23H26F3N3O. The maximum Gasteiger partial charge on any atom is 0.418 e. The summed E-state index contributed by atoms with van der Waals surface area (Å²) in [5.74, 6) is -0.131. The zero-order valence-electron chi connectivity index (χ0n) is 17.3. The van der Waals surface area contributed by atoms with Crippen LogP contribution in [0.2, 0.25) is 0 Å². The van der Waals surface area contributed by atoms with Crippen molar-refractivity contribution in [3.63, 3.8) is 0 Å². The first kappa shape index (κ1) is 21.9. The summed E-state index contributed by atoms with van der Waals surface area (Å²) in [7, 11) is 0. The summed E-state index contributed by atoms with van der Waals surface area (Å²) < 4.78 is 40.0. The molecule has 0 bridgehead atoms. The van der Waals surface area contributed by atoms with Crippen molar-refractivity contribution in [3.8, 4) is 0 Å². The molecule has 0 saturated heterocycles. The van der Waals surface area contributed by atoms with Crippen molar-refractivity contribution in [1.82, 2.24) is 5.01 Å². The minimum Gasteiger partial charge on any atom is -0.306 e. The van der Waals surface area contributed by atoms with Crippen molar-refractivity contribution in [1.29, 1.82) is 0 Å². The van der Waals surface area contributed by atoms with Gasteiger partial charge in [0.05, 0.1) is 16.8 Å². The molecule has 1 atom stereocenters. The summed E-state index contributed by atoms with van der Waals surface area (Å²) >= 11 is 0. The van der Waals surface area contributed by atoms with Gasteiger partial charge in [-0.15, -0.1) is 0 Å². The lowest BCUT2D eigenvalue weighted by Crippen LogP contribution is -2.47. The molecule has 160 valence electrons. The van der Waals surface area contributed by atoms with Crippen molar-refractivity contribution >= 4 is 17.4 Å². The molecule has 0 aliphatic carbocycles. The monoisotopic (exact) mass is 417 g/mol. The van der Waals surface area contributed by atoms with E-state index in [1.54, 1.807) is 0 Å². The highest BCUT2D eigenvalue weighted by Crippen LogP contribution is 2.42. The quantitative estimate of drug-likeness (QED) is 0.581. The predicted octanol–water partition coefficient (Wildman–Crippen LogP) is 6.66. The minimum atomic E-state index is -4.56. The molecule has 30 heavy (non-hydrogen) atoms. The zero-order valence-corrected chi connectivity index (χ0v) is 17.3. The molecule has 2 aromatic rings. The Balaban J connectivity index is 1.93. The maximum atomic E-state index is 13.3. The first-order chi connectivity index (χ1) is 14.2. The van der Waals surface area contributed by atoms with E-state index < -0.39 is 23.3 Å². The number of nitrogens with one attached hydrogen (secondary N) is 1. The van der Waals surface area contributed by atoms with Crippen molar-refractivity contribution in [2.75, 3.05) is 5.32 Å². The third kappa shape index (κ3) is 4.35. The number of benzene rings is 2. The molecule has 0 spiro atoms. The second-order valence-corrected chi connectivity index (χ2v) is 7.98. The molecule has 1 unspecified atom stereocenters. The fourth-order valence-electron chi connectivity index (χ4n) is 3.96. The van der Waals surface area contributed by atoms with Crippen LogP contribution in [0.1, 0.15) is 57.1 Å². The lowest BCUT2D eigenvalue weighted by Gasteiger charge is -2.34. The van der Waals surface area contributed by atoms with Crippen molar-refractivity contribution in [3.05, 3.63) is 65.7 Å². The van der Waals surface area contributed by atoms with Gasteiger partial charge < -0.3 is 5.32 Å². The second kappa shape index (κ2) is 8.50. The highest BCUT2D eigenvalue weighted by molar-refractivity contribution is 5.99. The number of para-hydroxylation sites is 1. The maximum absolute atomic E-state index is 13.3. The zero-order chi connectivity index (χ0) is 21.9. The highest BCUT2D eigenvalue weighted by Gasteiger charge is 2.47. The van der Waals surface area contributed by atoms with Crippen LogP contribution >= 0.6 is 0 Å². The van der Waals surface area contributed by atoms with Crippen LogP contribution < -0.4 is 5.32 Å². The van der Waals surface area contributed by atoms with E-state index in [2.05, 4.69) is 17.3 Å². The van der Waals surface area contributed by atoms with Gasteiger partial charge >= 0.3 is 12.2 Å². The number of unbranched alkanes of at least 4 members (excludes halogenated alkanes) is 1. The molecule has 4 nitrogen and oxygen atoms in total. The average molecular weight is 417 g/mol. The smallest absolute Gasteiger partial charge is 0.306 e. The van der Waals surface area contributed by atoms with Gasteiger partial charge in [-0.05, 0) is 44.4 Å². The Morgan fingerprint density at radius 2 is 1.73 bits per heavy atom. The summed E-state index contributed by atoms with van der Waals surface area (Å²) in [5.41, 5.74) is 0.00174. The molecule has 2 amide bonds. The third-order valence-corrected chi connectivity index (χ3v) is 5.40. The summed E-state index contributed by atoms with van der Waals surface area (Å²) in [5, 5.41) is 8.30.